The highest BCUT2D eigenvalue weighted by Gasteiger charge is 2.20. The van der Waals surface area contributed by atoms with Crippen LogP contribution in [0.3, 0.4) is 0 Å². The van der Waals surface area contributed by atoms with Crippen LogP contribution in [-0.2, 0) is 0 Å². The number of para-hydroxylation sites is 1. The molecule has 0 fully saturated rings. The number of nitrogens with one attached hydrogen (secondary N) is 1. The number of rotatable bonds is 5. The molecule has 2 heterocycles. The largest absolute Gasteiger partial charge is 0.372 e. The number of anilines is 2. The Morgan fingerprint density at radius 3 is 2.56 bits per heavy atom. The Morgan fingerprint density at radius 1 is 1.09 bits per heavy atom. The van der Waals surface area contributed by atoms with Gasteiger partial charge in [-0.05, 0) is 43.7 Å². The highest BCUT2D eigenvalue weighted by Crippen LogP contribution is 2.28. The van der Waals surface area contributed by atoms with Gasteiger partial charge in [0.25, 0.3) is 11.6 Å². The Balaban J connectivity index is 1.71. The maximum absolute atomic E-state index is 12.9. The van der Waals surface area contributed by atoms with E-state index >= 15 is 0 Å². The summed E-state index contributed by atoms with van der Waals surface area (Å²) in [7, 11) is 3.42. The summed E-state index contributed by atoms with van der Waals surface area (Å²) < 4.78 is 1.56. The molecule has 9 nitrogen and oxygen atoms in total. The minimum Gasteiger partial charge on any atom is -0.372 e. The molecule has 0 spiro atoms. The van der Waals surface area contributed by atoms with Gasteiger partial charge in [-0.15, -0.1) is 0 Å². The van der Waals surface area contributed by atoms with Gasteiger partial charge in [-0.25, -0.2) is 4.98 Å². The molecule has 0 bridgehead atoms. The number of carbonyl (C=O) groups excluding carboxylic acids is 1. The van der Waals surface area contributed by atoms with E-state index in [1.807, 2.05) is 44.2 Å². The summed E-state index contributed by atoms with van der Waals surface area (Å²) in [6, 6.07) is 15.8. The lowest BCUT2D eigenvalue weighted by Crippen LogP contribution is -2.17. The molecule has 0 aliphatic carbocycles. The third-order valence-corrected chi connectivity index (χ3v) is 5.12. The SMILES string of the molecule is Cc1cc(NC(=O)c2ccc(N(C)C)c([N+](=O)[O-])c2)n(-c2cc(C)c3ccccc3n2)n1. The van der Waals surface area contributed by atoms with Gasteiger partial charge in [0.2, 0.25) is 0 Å². The first-order chi connectivity index (χ1) is 15.2. The highest BCUT2D eigenvalue weighted by atomic mass is 16.6. The second-order valence-corrected chi connectivity index (χ2v) is 7.71. The van der Waals surface area contributed by atoms with Crippen molar-refractivity contribution in [3.05, 3.63) is 81.5 Å². The number of carbonyl (C=O) groups is 1. The van der Waals surface area contributed by atoms with Crippen LogP contribution in [0.5, 0.6) is 0 Å². The van der Waals surface area contributed by atoms with Crippen molar-refractivity contribution in [1.29, 1.82) is 0 Å². The van der Waals surface area contributed by atoms with E-state index < -0.39 is 10.8 Å². The lowest BCUT2D eigenvalue weighted by Gasteiger charge is -2.14. The van der Waals surface area contributed by atoms with Gasteiger partial charge >= 0.3 is 0 Å². The van der Waals surface area contributed by atoms with Crippen LogP contribution in [0.2, 0.25) is 0 Å². The summed E-state index contributed by atoms with van der Waals surface area (Å²) in [6.07, 6.45) is 0. The van der Waals surface area contributed by atoms with Gasteiger partial charge in [0.1, 0.15) is 11.5 Å². The number of hydrogen-bond acceptors (Lipinski definition) is 6. The first kappa shape index (κ1) is 21.0. The molecular weight excluding hydrogens is 408 g/mol. The van der Waals surface area contributed by atoms with Crippen molar-refractivity contribution in [3.8, 4) is 5.82 Å². The molecule has 0 aliphatic heterocycles. The Morgan fingerprint density at radius 2 is 1.84 bits per heavy atom. The van der Waals surface area contributed by atoms with Gasteiger partial charge in [0, 0.05) is 37.2 Å². The molecule has 2 aromatic carbocycles. The number of pyridine rings is 1. The maximum atomic E-state index is 12.9. The van der Waals surface area contributed by atoms with Gasteiger partial charge in [0.05, 0.1) is 16.1 Å². The summed E-state index contributed by atoms with van der Waals surface area (Å²) in [5.41, 5.74) is 3.01. The fraction of sp³-hybridized carbons (Fsp3) is 0.174. The molecule has 0 atom stereocenters. The average molecular weight is 430 g/mol. The normalized spacial score (nSPS) is 10.9. The molecule has 2 aromatic heterocycles. The van der Waals surface area contributed by atoms with Gasteiger partial charge in [-0.2, -0.15) is 9.78 Å². The summed E-state index contributed by atoms with van der Waals surface area (Å²) in [4.78, 5) is 30.2. The van der Waals surface area contributed by atoms with Crippen LogP contribution in [0, 0.1) is 24.0 Å². The second-order valence-electron chi connectivity index (χ2n) is 7.71. The van der Waals surface area contributed by atoms with Crippen molar-refractivity contribution >= 4 is 34.0 Å². The van der Waals surface area contributed by atoms with Crippen molar-refractivity contribution in [2.75, 3.05) is 24.3 Å². The Labute approximate surface area is 184 Å². The van der Waals surface area contributed by atoms with Crippen LogP contribution in [0.25, 0.3) is 16.7 Å². The van der Waals surface area contributed by atoms with Crippen LogP contribution in [0.15, 0.2) is 54.6 Å². The lowest BCUT2D eigenvalue weighted by atomic mass is 10.1. The summed E-state index contributed by atoms with van der Waals surface area (Å²) in [6.45, 7) is 3.81. The third kappa shape index (κ3) is 3.87. The zero-order valence-corrected chi connectivity index (χ0v) is 18.2. The van der Waals surface area contributed by atoms with Gasteiger partial charge < -0.3 is 10.2 Å². The van der Waals surface area contributed by atoms with Gasteiger partial charge in [-0.1, -0.05) is 18.2 Å². The summed E-state index contributed by atoms with van der Waals surface area (Å²) in [5.74, 6) is 0.518. The van der Waals surface area contributed by atoms with Crippen LogP contribution >= 0.6 is 0 Å². The van der Waals surface area contributed by atoms with Crippen molar-refractivity contribution in [1.82, 2.24) is 14.8 Å². The smallest absolute Gasteiger partial charge is 0.293 e. The number of nitro benzene ring substituents is 1. The Hall–Kier alpha value is -4.27. The number of nitro groups is 1. The number of benzene rings is 2. The third-order valence-electron chi connectivity index (χ3n) is 5.12. The van der Waals surface area contributed by atoms with Crippen LogP contribution in [0.4, 0.5) is 17.2 Å². The standard InChI is InChI=1S/C23H22N6O3/c1-14-11-21(24-18-8-6-5-7-17(14)18)28-22(12-15(2)26-28)25-23(30)16-9-10-19(27(3)4)20(13-16)29(31)32/h5-13H,1-4H3,(H,25,30). The van der Waals surface area contributed by atoms with E-state index in [4.69, 9.17) is 0 Å². The monoisotopic (exact) mass is 430 g/mol. The van der Waals surface area contributed by atoms with E-state index in [0.717, 1.165) is 16.5 Å². The zero-order valence-electron chi connectivity index (χ0n) is 18.2. The molecule has 1 amide bonds. The van der Waals surface area contributed by atoms with Crippen LogP contribution in [-0.4, -0.2) is 39.7 Å². The Bertz CT molecular complexity index is 1360. The molecule has 0 saturated carbocycles. The molecule has 1 N–H and O–H groups in total. The Kier molecular flexibility index (Phi) is 5.31. The van der Waals surface area contributed by atoms with Crippen molar-refractivity contribution in [2.24, 2.45) is 0 Å². The predicted molar refractivity (Wildman–Crippen MR) is 124 cm³/mol. The first-order valence-corrected chi connectivity index (χ1v) is 9.95. The van der Waals surface area contributed by atoms with Crippen molar-refractivity contribution in [3.63, 3.8) is 0 Å². The predicted octanol–water partition coefficient (Wildman–Crippen LogP) is 4.26. The van der Waals surface area contributed by atoms with Gasteiger partial charge in [-0.3, -0.25) is 14.9 Å². The van der Waals surface area contributed by atoms with Crippen molar-refractivity contribution < 1.29 is 9.72 Å². The fourth-order valence-electron chi connectivity index (χ4n) is 3.58. The summed E-state index contributed by atoms with van der Waals surface area (Å²) >= 11 is 0. The zero-order chi connectivity index (χ0) is 23.0. The van der Waals surface area contributed by atoms with Crippen LogP contribution < -0.4 is 10.2 Å². The van der Waals surface area contributed by atoms with E-state index in [1.54, 1.807) is 41.9 Å². The summed E-state index contributed by atoms with van der Waals surface area (Å²) in [5, 5.41) is 19.8. The molecule has 0 saturated heterocycles. The number of aryl methyl sites for hydroxylation is 2. The van der Waals surface area contributed by atoms with E-state index in [0.29, 0.717) is 23.0 Å². The molecule has 0 unspecified atom stereocenters. The topological polar surface area (TPSA) is 106 Å². The minimum atomic E-state index is -0.498. The first-order valence-electron chi connectivity index (χ1n) is 9.95. The molecular formula is C23H22N6O3. The van der Waals surface area contributed by atoms with Gasteiger partial charge in [0.15, 0.2) is 5.82 Å². The maximum Gasteiger partial charge on any atom is 0.293 e. The number of nitrogens with zero attached hydrogens (tertiary/aromatic N) is 5. The van der Waals surface area contributed by atoms with E-state index in [2.05, 4.69) is 15.4 Å². The molecule has 9 heteroatoms. The van der Waals surface area contributed by atoms with E-state index in [-0.39, 0.29) is 11.3 Å². The molecule has 162 valence electrons. The molecule has 4 rings (SSSR count). The second kappa shape index (κ2) is 8.10. The molecule has 32 heavy (non-hydrogen) atoms. The van der Waals surface area contributed by atoms with Crippen molar-refractivity contribution in [2.45, 2.75) is 13.8 Å². The highest BCUT2D eigenvalue weighted by molar-refractivity contribution is 6.05. The lowest BCUT2D eigenvalue weighted by molar-refractivity contribution is -0.384. The fourth-order valence-corrected chi connectivity index (χ4v) is 3.58. The van der Waals surface area contributed by atoms with E-state index in [9.17, 15) is 14.9 Å². The quantitative estimate of drug-likeness (QED) is 0.374. The molecule has 4 aromatic rings. The molecule has 0 aliphatic rings. The minimum absolute atomic E-state index is 0.140. The van der Waals surface area contributed by atoms with E-state index in [1.165, 1.54) is 6.07 Å². The number of fused-ring (bicyclic) bond motifs is 1. The van der Waals surface area contributed by atoms with Crippen LogP contribution in [0.1, 0.15) is 21.6 Å². The number of amides is 1. The average Bonchev–Trinajstić information content (AvgIpc) is 3.13. The number of hydrogen-bond donors (Lipinski definition) is 1. The number of aromatic nitrogens is 3. The molecule has 0 radical (unpaired) electrons.